The summed E-state index contributed by atoms with van der Waals surface area (Å²) in [6, 6.07) is 12.1. The van der Waals surface area contributed by atoms with Crippen molar-refractivity contribution >= 4 is 23.1 Å². The first kappa shape index (κ1) is 13.6. The van der Waals surface area contributed by atoms with Crippen LogP contribution in [0.25, 0.3) is 0 Å². The van der Waals surface area contributed by atoms with Crippen LogP contribution in [-0.4, -0.2) is 11.7 Å². The van der Waals surface area contributed by atoms with Gasteiger partial charge >= 0.3 is 0 Å². The largest absolute Gasteiger partial charge is 0.398 e. The van der Waals surface area contributed by atoms with Crippen LogP contribution in [0.2, 0.25) is 0 Å². The van der Waals surface area contributed by atoms with Gasteiger partial charge in [0.25, 0.3) is 5.91 Å². The number of carbonyl (C=O) groups is 1. The molecule has 0 radical (unpaired) electrons. The lowest BCUT2D eigenvalue weighted by molar-refractivity contribution is 0.102. The molecular weight excluding hydrogens is 252 g/mol. The molecule has 0 saturated carbocycles. The number of carbonyl (C=O) groups excluding carboxylic acids is 1. The van der Waals surface area contributed by atoms with Crippen LogP contribution in [0.4, 0.5) is 11.4 Å². The minimum absolute atomic E-state index is 0.0405. The first-order chi connectivity index (χ1) is 9.49. The Morgan fingerprint density at radius 2 is 1.90 bits per heavy atom. The van der Waals surface area contributed by atoms with E-state index in [2.05, 4.69) is 5.32 Å². The number of amidine groups is 1. The van der Waals surface area contributed by atoms with E-state index in [4.69, 9.17) is 16.9 Å². The molecule has 0 spiro atoms. The Balaban J connectivity index is 2.26. The third-order valence-electron chi connectivity index (χ3n) is 3.05. The predicted octanol–water partition coefficient (Wildman–Crippen LogP) is 2.11. The summed E-state index contributed by atoms with van der Waals surface area (Å²) in [6.45, 7) is 1.80. The van der Waals surface area contributed by atoms with Crippen LogP contribution < -0.4 is 16.8 Å². The second-order valence-electron chi connectivity index (χ2n) is 4.47. The molecule has 0 unspecified atom stereocenters. The van der Waals surface area contributed by atoms with Gasteiger partial charge in [-0.1, -0.05) is 18.2 Å². The van der Waals surface area contributed by atoms with Gasteiger partial charge in [-0.3, -0.25) is 10.2 Å². The van der Waals surface area contributed by atoms with Gasteiger partial charge in [-0.15, -0.1) is 0 Å². The van der Waals surface area contributed by atoms with Gasteiger partial charge in [-0.2, -0.15) is 0 Å². The quantitative estimate of drug-likeness (QED) is 0.389. The highest BCUT2D eigenvalue weighted by atomic mass is 16.1. The summed E-state index contributed by atoms with van der Waals surface area (Å²) in [5, 5.41) is 10.2. The molecule has 0 aliphatic heterocycles. The zero-order chi connectivity index (χ0) is 14.7. The van der Waals surface area contributed by atoms with E-state index in [1.165, 1.54) is 0 Å². The number of hydrogen-bond donors (Lipinski definition) is 4. The highest BCUT2D eigenvalue weighted by molar-refractivity contribution is 6.06. The number of amides is 1. The fourth-order valence-electron chi connectivity index (χ4n) is 1.86. The summed E-state index contributed by atoms with van der Waals surface area (Å²) >= 11 is 0. The SMILES string of the molecule is Cc1c(N)cccc1C(=O)Nc1cccc(C(=N)N)c1. The van der Waals surface area contributed by atoms with Crippen LogP contribution in [0.5, 0.6) is 0 Å². The van der Waals surface area contributed by atoms with E-state index in [0.29, 0.717) is 22.5 Å². The van der Waals surface area contributed by atoms with Gasteiger partial charge in [0.05, 0.1) is 0 Å². The van der Waals surface area contributed by atoms with Crippen molar-refractivity contribution < 1.29 is 4.79 Å². The van der Waals surface area contributed by atoms with Crippen molar-refractivity contribution in [2.75, 3.05) is 11.1 Å². The molecule has 0 aromatic heterocycles. The molecule has 5 heteroatoms. The van der Waals surface area contributed by atoms with Crippen molar-refractivity contribution in [2.45, 2.75) is 6.92 Å². The van der Waals surface area contributed by atoms with Crippen molar-refractivity contribution in [3.63, 3.8) is 0 Å². The summed E-state index contributed by atoms with van der Waals surface area (Å²) in [6.07, 6.45) is 0. The third-order valence-corrected chi connectivity index (χ3v) is 3.05. The lowest BCUT2D eigenvalue weighted by Crippen LogP contribution is -2.15. The van der Waals surface area contributed by atoms with Crippen LogP contribution >= 0.6 is 0 Å². The molecule has 6 N–H and O–H groups in total. The van der Waals surface area contributed by atoms with Gasteiger partial charge in [0, 0.05) is 22.5 Å². The molecule has 0 saturated heterocycles. The second-order valence-corrected chi connectivity index (χ2v) is 4.47. The molecule has 2 aromatic rings. The van der Waals surface area contributed by atoms with Gasteiger partial charge in [-0.25, -0.2) is 0 Å². The van der Waals surface area contributed by atoms with E-state index < -0.39 is 0 Å². The minimum Gasteiger partial charge on any atom is -0.398 e. The molecular formula is C15H16N4O. The predicted molar refractivity (Wildman–Crippen MR) is 81.0 cm³/mol. The zero-order valence-corrected chi connectivity index (χ0v) is 11.1. The standard InChI is InChI=1S/C15H16N4O/c1-9-12(6-3-7-13(9)16)15(20)19-11-5-2-4-10(8-11)14(17)18/h2-8H,16H2,1H3,(H3,17,18)(H,19,20). The molecule has 0 aliphatic rings. The van der Waals surface area contributed by atoms with Crippen molar-refractivity contribution in [1.29, 1.82) is 5.41 Å². The summed E-state index contributed by atoms with van der Waals surface area (Å²) in [5.41, 5.74) is 14.2. The fourth-order valence-corrected chi connectivity index (χ4v) is 1.86. The molecule has 2 rings (SSSR count). The molecule has 102 valence electrons. The fraction of sp³-hybridized carbons (Fsp3) is 0.0667. The lowest BCUT2D eigenvalue weighted by Gasteiger charge is -2.10. The highest BCUT2D eigenvalue weighted by Crippen LogP contribution is 2.18. The smallest absolute Gasteiger partial charge is 0.256 e. The van der Waals surface area contributed by atoms with Crippen molar-refractivity contribution in [1.82, 2.24) is 0 Å². The first-order valence-electron chi connectivity index (χ1n) is 6.10. The van der Waals surface area contributed by atoms with Gasteiger partial charge < -0.3 is 16.8 Å². The number of hydrogen-bond acceptors (Lipinski definition) is 3. The molecule has 1 amide bonds. The van der Waals surface area contributed by atoms with Gasteiger partial charge in [0.2, 0.25) is 0 Å². The van der Waals surface area contributed by atoms with Gasteiger partial charge in [0.1, 0.15) is 5.84 Å². The van der Waals surface area contributed by atoms with Crippen molar-refractivity contribution in [3.05, 3.63) is 59.2 Å². The third kappa shape index (κ3) is 2.77. The summed E-state index contributed by atoms with van der Waals surface area (Å²) in [7, 11) is 0. The van der Waals surface area contributed by atoms with E-state index in [1.807, 2.05) is 0 Å². The molecule has 2 aromatic carbocycles. The van der Waals surface area contributed by atoms with E-state index in [-0.39, 0.29) is 11.7 Å². The highest BCUT2D eigenvalue weighted by Gasteiger charge is 2.11. The average molecular weight is 268 g/mol. The molecule has 0 aliphatic carbocycles. The van der Waals surface area contributed by atoms with Crippen molar-refractivity contribution in [3.8, 4) is 0 Å². The minimum atomic E-state index is -0.240. The first-order valence-corrected chi connectivity index (χ1v) is 6.10. The monoisotopic (exact) mass is 268 g/mol. The van der Waals surface area contributed by atoms with Crippen LogP contribution in [0.1, 0.15) is 21.5 Å². The Bertz CT molecular complexity index is 679. The average Bonchev–Trinajstić information content (AvgIpc) is 2.42. The van der Waals surface area contributed by atoms with Crippen LogP contribution in [-0.2, 0) is 0 Å². The Hall–Kier alpha value is -2.82. The molecule has 0 atom stereocenters. The maximum Gasteiger partial charge on any atom is 0.256 e. The number of nitrogens with one attached hydrogen (secondary N) is 2. The molecule has 0 heterocycles. The summed E-state index contributed by atoms with van der Waals surface area (Å²) < 4.78 is 0. The number of anilines is 2. The van der Waals surface area contributed by atoms with E-state index >= 15 is 0 Å². The number of nitrogens with two attached hydrogens (primary N) is 2. The van der Waals surface area contributed by atoms with E-state index in [9.17, 15) is 4.79 Å². The summed E-state index contributed by atoms with van der Waals surface area (Å²) in [5.74, 6) is -0.281. The maximum atomic E-state index is 12.2. The van der Waals surface area contributed by atoms with E-state index in [1.54, 1.807) is 49.4 Å². The Morgan fingerprint density at radius 1 is 1.20 bits per heavy atom. The second kappa shape index (κ2) is 5.44. The molecule has 20 heavy (non-hydrogen) atoms. The zero-order valence-electron chi connectivity index (χ0n) is 11.1. The summed E-state index contributed by atoms with van der Waals surface area (Å²) in [4.78, 5) is 12.2. The lowest BCUT2D eigenvalue weighted by atomic mass is 10.1. The van der Waals surface area contributed by atoms with E-state index in [0.717, 1.165) is 5.56 Å². The Morgan fingerprint density at radius 3 is 2.60 bits per heavy atom. The molecule has 0 fully saturated rings. The number of benzene rings is 2. The normalized spacial score (nSPS) is 10.1. The van der Waals surface area contributed by atoms with Crippen LogP contribution in [0.15, 0.2) is 42.5 Å². The molecule has 0 bridgehead atoms. The molecule has 5 nitrogen and oxygen atoms in total. The van der Waals surface area contributed by atoms with Gasteiger partial charge in [0.15, 0.2) is 0 Å². The number of nitrogen functional groups attached to an aromatic ring is 2. The van der Waals surface area contributed by atoms with Crippen LogP contribution in [0, 0.1) is 12.3 Å². The Labute approximate surface area is 117 Å². The maximum absolute atomic E-state index is 12.2. The Kier molecular flexibility index (Phi) is 3.70. The van der Waals surface area contributed by atoms with Crippen LogP contribution in [0.3, 0.4) is 0 Å². The topological polar surface area (TPSA) is 105 Å². The van der Waals surface area contributed by atoms with Crippen molar-refractivity contribution in [2.24, 2.45) is 5.73 Å². The number of rotatable bonds is 3. The van der Waals surface area contributed by atoms with Gasteiger partial charge in [-0.05, 0) is 36.8 Å².